The molecule has 0 atom stereocenters. The number of thiazole rings is 1. The van der Waals surface area contributed by atoms with Crippen LogP contribution in [0.5, 0.6) is 11.6 Å². The summed E-state index contributed by atoms with van der Waals surface area (Å²) in [7, 11) is 0. The quantitative estimate of drug-likeness (QED) is 0.617. The van der Waals surface area contributed by atoms with E-state index in [1.165, 1.54) is 0 Å². The number of benzene rings is 1. The number of aromatic nitrogens is 2. The molecule has 6 heteroatoms. The van der Waals surface area contributed by atoms with Gasteiger partial charge in [0.25, 0.3) is 0 Å². The Hall–Kier alpha value is -1.04. The van der Waals surface area contributed by atoms with Crippen LogP contribution in [0.4, 0.5) is 0 Å². The fraction of sp³-hybridized carbons (Fsp3) is 0.154. The van der Waals surface area contributed by atoms with Gasteiger partial charge in [0.05, 0.1) is 5.88 Å². The van der Waals surface area contributed by atoms with Gasteiger partial charge in [-0.1, -0.05) is 15.9 Å². The van der Waals surface area contributed by atoms with Gasteiger partial charge < -0.3 is 4.74 Å². The van der Waals surface area contributed by atoms with Crippen LogP contribution in [0.1, 0.15) is 11.3 Å². The van der Waals surface area contributed by atoms with E-state index in [-0.39, 0.29) is 0 Å². The van der Waals surface area contributed by atoms with Crippen molar-refractivity contribution in [3.8, 4) is 11.6 Å². The molecule has 3 aromatic rings. The molecule has 3 nitrogen and oxygen atoms in total. The minimum atomic E-state index is 0.364. The summed E-state index contributed by atoms with van der Waals surface area (Å²) in [6, 6.07) is 5.88. The molecule has 0 saturated heterocycles. The number of alkyl halides is 1. The largest absolute Gasteiger partial charge is 0.437 e. The van der Waals surface area contributed by atoms with Crippen molar-refractivity contribution in [2.45, 2.75) is 12.8 Å². The summed E-state index contributed by atoms with van der Waals surface area (Å²) >= 11 is 11.0. The summed E-state index contributed by atoms with van der Waals surface area (Å²) in [5.41, 5.74) is 1.92. The molecule has 2 aromatic heterocycles. The van der Waals surface area contributed by atoms with Crippen LogP contribution >= 0.6 is 38.9 Å². The van der Waals surface area contributed by atoms with Gasteiger partial charge in [-0.15, -0.1) is 22.9 Å². The van der Waals surface area contributed by atoms with Gasteiger partial charge in [0, 0.05) is 16.0 Å². The topological polar surface area (TPSA) is 26.5 Å². The molecule has 0 aliphatic heterocycles. The maximum atomic E-state index is 6.00. The minimum absolute atomic E-state index is 0.364. The van der Waals surface area contributed by atoms with Crippen molar-refractivity contribution in [1.82, 2.24) is 9.38 Å². The molecule has 0 aliphatic rings. The van der Waals surface area contributed by atoms with Gasteiger partial charge >= 0.3 is 0 Å². The van der Waals surface area contributed by atoms with Gasteiger partial charge in [-0.05, 0) is 30.7 Å². The zero-order valence-electron chi connectivity index (χ0n) is 10.1. The first-order valence-corrected chi connectivity index (χ1v) is 7.84. The van der Waals surface area contributed by atoms with Crippen LogP contribution in [0.2, 0.25) is 0 Å². The predicted octanol–water partition coefficient (Wildman–Crippen LogP) is 5.00. The van der Waals surface area contributed by atoms with Crippen molar-refractivity contribution in [2.75, 3.05) is 0 Å². The molecule has 0 spiro atoms. The van der Waals surface area contributed by atoms with Crippen LogP contribution < -0.4 is 4.74 Å². The number of aryl methyl sites for hydroxylation is 1. The molecule has 0 fully saturated rings. The first kappa shape index (κ1) is 13.0. The molecule has 0 radical (unpaired) electrons. The number of halogens is 2. The first-order chi connectivity index (χ1) is 9.19. The molecule has 3 rings (SSSR count). The van der Waals surface area contributed by atoms with Crippen molar-refractivity contribution < 1.29 is 4.74 Å². The highest BCUT2D eigenvalue weighted by molar-refractivity contribution is 9.10. The van der Waals surface area contributed by atoms with E-state index in [9.17, 15) is 0 Å². The van der Waals surface area contributed by atoms with E-state index in [0.717, 1.165) is 26.4 Å². The van der Waals surface area contributed by atoms with Gasteiger partial charge in [0.2, 0.25) is 5.88 Å². The third-order valence-corrected chi connectivity index (χ3v) is 4.30. The van der Waals surface area contributed by atoms with Crippen LogP contribution in [0.15, 0.2) is 34.2 Å². The van der Waals surface area contributed by atoms with Crippen molar-refractivity contribution in [3.63, 3.8) is 0 Å². The zero-order valence-corrected chi connectivity index (χ0v) is 13.2. The molecule has 1 aromatic carbocycles. The molecule has 0 saturated carbocycles. The second-order valence-electron chi connectivity index (χ2n) is 4.06. The van der Waals surface area contributed by atoms with E-state index in [2.05, 4.69) is 20.9 Å². The number of ether oxygens (including phenoxy) is 1. The standard InChI is InChI=1S/C13H10BrClN2OS/c1-8-6-9(14)2-3-11(8)18-12-10(7-15)17-4-5-19-13(17)16-12/h2-6H,7H2,1H3. The van der Waals surface area contributed by atoms with Crippen molar-refractivity contribution in [3.05, 3.63) is 45.5 Å². The van der Waals surface area contributed by atoms with Gasteiger partial charge in [-0.25, -0.2) is 0 Å². The molecular formula is C13H10BrClN2OS. The van der Waals surface area contributed by atoms with E-state index >= 15 is 0 Å². The number of imidazole rings is 1. The molecule has 0 bridgehead atoms. The predicted molar refractivity (Wildman–Crippen MR) is 81.6 cm³/mol. The third-order valence-electron chi connectivity index (χ3n) is 2.79. The lowest BCUT2D eigenvalue weighted by Gasteiger charge is -2.07. The first-order valence-electron chi connectivity index (χ1n) is 5.63. The molecule has 0 amide bonds. The number of rotatable bonds is 3. The summed E-state index contributed by atoms with van der Waals surface area (Å²) in [6.07, 6.45) is 1.95. The summed E-state index contributed by atoms with van der Waals surface area (Å²) in [5.74, 6) is 1.73. The van der Waals surface area contributed by atoms with E-state index in [0.29, 0.717) is 11.8 Å². The Bertz CT molecular complexity index is 737. The third kappa shape index (κ3) is 2.38. The zero-order chi connectivity index (χ0) is 13.4. The Morgan fingerprint density at radius 2 is 2.32 bits per heavy atom. The highest BCUT2D eigenvalue weighted by Gasteiger charge is 2.15. The lowest BCUT2D eigenvalue weighted by atomic mass is 10.2. The second-order valence-corrected chi connectivity index (χ2v) is 6.12. The second kappa shape index (κ2) is 5.15. The van der Waals surface area contributed by atoms with Crippen LogP contribution in [-0.2, 0) is 5.88 Å². The van der Waals surface area contributed by atoms with Crippen LogP contribution in [0, 0.1) is 6.92 Å². The minimum Gasteiger partial charge on any atom is -0.437 e. The van der Waals surface area contributed by atoms with E-state index in [1.54, 1.807) is 11.3 Å². The smallest absolute Gasteiger partial charge is 0.243 e. The molecule has 2 heterocycles. The Kier molecular flexibility index (Phi) is 3.52. The Morgan fingerprint density at radius 3 is 3.05 bits per heavy atom. The van der Waals surface area contributed by atoms with Crippen molar-refractivity contribution in [2.24, 2.45) is 0 Å². The summed E-state index contributed by atoms with van der Waals surface area (Å²) in [6.45, 7) is 2.00. The van der Waals surface area contributed by atoms with Crippen LogP contribution in [0.3, 0.4) is 0 Å². The Morgan fingerprint density at radius 1 is 1.47 bits per heavy atom. The maximum Gasteiger partial charge on any atom is 0.243 e. The summed E-state index contributed by atoms with van der Waals surface area (Å²) < 4.78 is 8.89. The molecule has 19 heavy (non-hydrogen) atoms. The number of fused-ring (bicyclic) bond motifs is 1. The van der Waals surface area contributed by atoms with Gasteiger partial charge in [0.15, 0.2) is 4.96 Å². The van der Waals surface area contributed by atoms with E-state index < -0.39 is 0 Å². The fourth-order valence-corrected chi connectivity index (χ4v) is 3.29. The summed E-state index contributed by atoms with van der Waals surface area (Å²) in [5, 5.41) is 1.98. The average Bonchev–Trinajstić information content (AvgIpc) is 2.92. The molecule has 0 unspecified atom stereocenters. The molecule has 0 aliphatic carbocycles. The monoisotopic (exact) mass is 356 g/mol. The van der Waals surface area contributed by atoms with Gasteiger partial charge in [0.1, 0.15) is 11.4 Å². The number of hydrogen-bond acceptors (Lipinski definition) is 3. The average molecular weight is 358 g/mol. The Labute approximate surface area is 127 Å². The highest BCUT2D eigenvalue weighted by Crippen LogP contribution is 2.31. The van der Waals surface area contributed by atoms with E-state index in [1.807, 2.05) is 41.1 Å². The number of nitrogens with zero attached hydrogens (tertiary/aromatic N) is 2. The summed E-state index contributed by atoms with van der Waals surface area (Å²) in [4.78, 5) is 5.35. The van der Waals surface area contributed by atoms with Crippen LogP contribution in [-0.4, -0.2) is 9.38 Å². The van der Waals surface area contributed by atoms with E-state index in [4.69, 9.17) is 16.3 Å². The fourth-order valence-electron chi connectivity index (χ4n) is 1.85. The molecule has 0 N–H and O–H groups in total. The number of hydrogen-bond donors (Lipinski definition) is 0. The van der Waals surface area contributed by atoms with Crippen LogP contribution in [0.25, 0.3) is 4.96 Å². The maximum absolute atomic E-state index is 6.00. The Balaban J connectivity index is 2.02. The molecule has 98 valence electrons. The highest BCUT2D eigenvalue weighted by atomic mass is 79.9. The normalized spacial score (nSPS) is 11.1. The van der Waals surface area contributed by atoms with Gasteiger partial charge in [-0.2, -0.15) is 4.98 Å². The lowest BCUT2D eigenvalue weighted by molar-refractivity contribution is 0.458. The van der Waals surface area contributed by atoms with Crippen molar-refractivity contribution in [1.29, 1.82) is 0 Å². The van der Waals surface area contributed by atoms with Gasteiger partial charge in [-0.3, -0.25) is 4.40 Å². The SMILES string of the molecule is Cc1cc(Br)ccc1Oc1nc2sccn2c1CCl. The molecular weight excluding hydrogens is 348 g/mol. The lowest BCUT2D eigenvalue weighted by Crippen LogP contribution is -1.92. The van der Waals surface area contributed by atoms with Crippen molar-refractivity contribution >= 4 is 43.8 Å².